The molecule has 2 aromatic carbocycles. The summed E-state index contributed by atoms with van der Waals surface area (Å²) in [6.07, 6.45) is 8.72. The van der Waals surface area contributed by atoms with Crippen LogP contribution in [0.4, 0.5) is 0 Å². The number of rotatable bonds is 3. The van der Waals surface area contributed by atoms with Gasteiger partial charge in [0.1, 0.15) is 11.4 Å². The summed E-state index contributed by atoms with van der Waals surface area (Å²) in [5, 5.41) is 2.44. The molecule has 1 heterocycles. The van der Waals surface area contributed by atoms with Crippen LogP contribution < -0.4 is 4.74 Å². The molecular formula is C20H22O. The highest BCUT2D eigenvalue weighted by Crippen LogP contribution is 2.38. The molecule has 0 saturated heterocycles. The summed E-state index contributed by atoms with van der Waals surface area (Å²) in [6, 6.07) is 12.7. The van der Waals surface area contributed by atoms with Crippen molar-refractivity contribution >= 4 is 16.8 Å². The maximum absolute atomic E-state index is 6.40. The lowest BCUT2D eigenvalue weighted by Crippen LogP contribution is -2.31. The standard InChI is InChI=1S/C20H22O/c1-15(2)7-6-13-20(3)14-12-17-11-10-16-8-4-5-9-18(16)19(17)21-20/h4-5,7-12,14H,6,13H2,1-3H3. The highest BCUT2D eigenvalue weighted by molar-refractivity contribution is 5.92. The van der Waals surface area contributed by atoms with E-state index in [1.807, 2.05) is 0 Å². The van der Waals surface area contributed by atoms with Gasteiger partial charge < -0.3 is 4.74 Å². The smallest absolute Gasteiger partial charge is 0.135 e. The minimum absolute atomic E-state index is 0.219. The number of hydrogen-bond donors (Lipinski definition) is 0. The highest BCUT2D eigenvalue weighted by atomic mass is 16.5. The Morgan fingerprint density at radius 1 is 1.14 bits per heavy atom. The summed E-state index contributed by atoms with van der Waals surface area (Å²) in [5.41, 5.74) is 2.32. The molecule has 0 amide bonds. The molecule has 0 radical (unpaired) electrons. The Morgan fingerprint density at radius 2 is 1.95 bits per heavy atom. The van der Waals surface area contributed by atoms with E-state index in [4.69, 9.17) is 4.74 Å². The average molecular weight is 278 g/mol. The molecule has 1 aliphatic rings. The Hall–Kier alpha value is -2.02. The van der Waals surface area contributed by atoms with Gasteiger partial charge in [0.15, 0.2) is 0 Å². The number of benzene rings is 2. The van der Waals surface area contributed by atoms with Crippen LogP contribution in [0.3, 0.4) is 0 Å². The number of allylic oxidation sites excluding steroid dienone is 2. The van der Waals surface area contributed by atoms with Crippen LogP contribution in [-0.2, 0) is 0 Å². The van der Waals surface area contributed by atoms with Gasteiger partial charge in [-0.2, -0.15) is 0 Å². The van der Waals surface area contributed by atoms with E-state index in [1.165, 1.54) is 21.9 Å². The molecule has 1 nitrogen and oxygen atoms in total. The Bertz CT molecular complexity index is 720. The Kier molecular flexibility index (Phi) is 3.59. The largest absolute Gasteiger partial charge is 0.482 e. The fourth-order valence-electron chi connectivity index (χ4n) is 2.82. The Labute approximate surface area is 126 Å². The van der Waals surface area contributed by atoms with Crippen LogP contribution in [0.2, 0.25) is 0 Å². The Morgan fingerprint density at radius 3 is 2.76 bits per heavy atom. The summed E-state index contributed by atoms with van der Waals surface area (Å²) in [7, 11) is 0. The lowest BCUT2D eigenvalue weighted by molar-refractivity contribution is 0.131. The van der Waals surface area contributed by atoms with Gasteiger partial charge in [-0.25, -0.2) is 0 Å². The van der Waals surface area contributed by atoms with Gasteiger partial charge in [-0.1, -0.05) is 54.1 Å². The van der Waals surface area contributed by atoms with E-state index < -0.39 is 0 Å². The van der Waals surface area contributed by atoms with Crippen molar-refractivity contribution in [2.24, 2.45) is 0 Å². The van der Waals surface area contributed by atoms with Crippen molar-refractivity contribution in [3.63, 3.8) is 0 Å². The second-order valence-electron chi connectivity index (χ2n) is 6.27. The first kappa shape index (κ1) is 13.9. The molecule has 0 fully saturated rings. The molecule has 0 aromatic heterocycles. The topological polar surface area (TPSA) is 9.23 Å². The van der Waals surface area contributed by atoms with Crippen LogP contribution in [0.15, 0.2) is 54.1 Å². The SMILES string of the molecule is CC(C)=CCCC1(C)C=Cc2ccc3ccccc3c2O1. The Balaban J connectivity index is 1.93. The minimum Gasteiger partial charge on any atom is -0.482 e. The maximum atomic E-state index is 6.40. The van der Waals surface area contributed by atoms with Gasteiger partial charge in [0.05, 0.1) is 0 Å². The number of hydrogen-bond acceptors (Lipinski definition) is 1. The number of fused-ring (bicyclic) bond motifs is 3. The second-order valence-corrected chi connectivity index (χ2v) is 6.27. The van der Waals surface area contributed by atoms with E-state index in [1.54, 1.807) is 0 Å². The summed E-state index contributed by atoms with van der Waals surface area (Å²) in [6.45, 7) is 6.46. The molecular weight excluding hydrogens is 256 g/mol. The molecule has 1 aliphatic heterocycles. The van der Waals surface area contributed by atoms with Gasteiger partial charge in [0.2, 0.25) is 0 Å². The molecule has 0 spiro atoms. The molecule has 0 saturated carbocycles. The molecule has 0 N–H and O–H groups in total. The normalized spacial score (nSPS) is 20.0. The monoisotopic (exact) mass is 278 g/mol. The third-order valence-corrected chi connectivity index (χ3v) is 4.05. The molecule has 1 atom stereocenters. The molecule has 21 heavy (non-hydrogen) atoms. The molecule has 1 unspecified atom stereocenters. The lowest BCUT2D eigenvalue weighted by atomic mass is 9.93. The van der Waals surface area contributed by atoms with Crippen molar-refractivity contribution in [1.82, 2.24) is 0 Å². The summed E-state index contributed by atoms with van der Waals surface area (Å²) in [5.74, 6) is 1.02. The quantitative estimate of drug-likeness (QED) is 0.649. The van der Waals surface area contributed by atoms with E-state index in [0.717, 1.165) is 18.6 Å². The molecule has 0 aliphatic carbocycles. The van der Waals surface area contributed by atoms with E-state index >= 15 is 0 Å². The fourth-order valence-corrected chi connectivity index (χ4v) is 2.82. The van der Waals surface area contributed by atoms with E-state index in [-0.39, 0.29) is 5.60 Å². The van der Waals surface area contributed by atoms with Gasteiger partial charge in [-0.05, 0) is 45.1 Å². The third kappa shape index (κ3) is 2.87. The second kappa shape index (κ2) is 5.40. The van der Waals surface area contributed by atoms with Gasteiger partial charge in [-0.15, -0.1) is 0 Å². The molecule has 108 valence electrons. The van der Waals surface area contributed by atoms with Gasteiger partial charge in [0.25, 0.3) is 0 Å². The first-order valence-corrected chi connectivity index (χ1v) is 7.61. The molecule has 1 heteroatoms. The van der Waals surface area contributed by atoms with Crippen molar-refractivity contribution in [2.45, 2.75) is 39.2 Å². The molecule has 2 aromatic rings. The lowest BCUT2D eigenvalue weighted by Gasteiger charge is -2.32. The van der Waals surface area contributed by atoms with Crippen molar-refractivity contribution in [3.8, 4) is 5.75 Å². The van der Waals surface area contributed by atoms with Crippen LogP contribution in [0, 0.1) is 0 Å². The van der Waals surface area contributed by atoms with Crippen LogP contribution >= 0.6 is 0 Å². The first-order valence-electron chi connectivity index (χ1n) is 7.61. The number of ether oxygens (including phenoxy) is 1. The summed E-state index contributed by atoms with van der Waals surface area (Å²) >= 11 is 0. The predicted molar refractivity (Wildman–Crippen MR) is 90.7 cm³/mol. The zero-order chi connectivity index (χ0) is 14.9. The zero-order valence-electron chi connectivity index (χ0n) is 13.0. The maximum Gasteiger partial charge on any atom is 0.135 e. The third-order valence-electron chi connectivity index (χ3n) is 4.05. The summed E-state index contributed by atoms with van der Waals surface area (Å²) in [4.78, 5) is 0. The van der Waals surface area contributed by atoms with Crippen molar-refractivity contribution in [1.29, 1.82) is 0 Å². The van der Waals surface area contributed by atoms with Gasteiger partial charge in [-0.3, -0.25) is 0 Å². The fraction of sp³-hybridized carbons (Fsp3) is 0.300. The van der Waals surface area contributed by atoms with Crippen LogP contribution in [0.1, 0.15) is 39.2 Å². The van der Waals surface area contributed by atoms with E-state index in [2.05, 4.69) is 75.4 Å². The average Bonchev–Trinajstić information content (AvgIpc) is 2.46. The summed E-state index contributed by atoms with van der Waals surface area (Å²) < 4.78 is 6.40. The van der Waals surface area contributed by atoms with E-state index in [9.17, 15) is 0 Å². The first-order chi connectivity index (χ1) is 10.1. The highest BCUT2D eigenvalue weighted by Gasteiger charge is 2.27. The zero-order valence-corrected chi connectivity index (χ0v) is 13.0. The van der Waals surface area contributed by atoms with Crippen LogP contribution in [0.25, 0.3) is 16.8 Å². The molecule has 3 rings (SSSR count). The predicted octanol–water partition coefficient (Wildman–Crippen LogP) is 5.75. The molecule has 0 bridgehead atoms. The van der Waals surface area contributed by atoms with Crippen LogP contribution in [-0.4, -0.2) is 5.60 Å². The van der Waals surface area contributed by atoms with Crippen molar-refractivity contribution in [3.05, 3.63) is 59.7 Å². The van der Waals surface area contributed by atoms with E-state index in [0.29, 0.717) is 0 Å². The van der Waals surface area contributed by atoms with Crippen molar-refractivity contribution in [2.75, 3.05) is 0 Å². The van der Waals surface area contributed by atoms with Crippen molar-refractivity contribution < 1.29 is 4.74 Å². The van der Waals surface area contributed by atoms with Crippen LogP contribution in [0.5, 0.6) is 5.75 Å². The van der Waals surface area contributed by atoms with Gasteiger partial charge >= 0.3 is 0 Å². The van der Waals surface area contributed by atoms with Gasteiger partial charge in [0, 0.05) is 10.9 Å². The minimum atomic E-state index is -0.219.